The van der Waals surface area contributed by atoms with Crippen molar-refractivity contribution in [3.8, 4) is 0 Å². The molecule has 0 spiro atoms. The van der Waals surface area contributed by atoms with Gasteiger partial charge in [-0.3, -0.25) is 4.68 Å². The molecule has 2 rings (SSSR count). The fraction of sp³-hybridized carbons (Fsp3) is 0.812. The molecule has 1 saturated heterocycles. The van der Waals surface area contributed by atoms with Gasteiger partial charge in [-0.2, -0.15) is 5.10 Å². The highest BCUT2D eigenvalue weighted by Gasteiger charge is 2.18. The van der Waals surface area contributed by atoms with Gasteiger partial charge in [0.15, 0.2) is 0 Å². The number of hydrogen-bond donors (Lipinski definition) is 1. The molecular formula is C16H29N3O. The Hall–Kier alpha value is -0.870. The monoisotopic (exact) mass is 279 g/mol. The molecule has 1 aliphatic rings. The fourth-order valence-corrected chi connectivity index (χ4v) is 2.70. The molecule has 114 valence electrons. The van der Waals surface area contributed by atoms with Crippen molar-refractivity contribution in [3.05, 3.63) is 17.0 Å². The van der Waals surface area contributed by atoms with Gasteiger partial charge < -0.3 is 10.1 Å². The quantitative estimate of drug-likeness (QED) is 0.900. The summed E-state index contributed by atoms with van der Waals surface area (Å²) in [5, 5.41) is 8.25. The van der Waals surface area contributed by atoms with Crippen LogP contribution in [0, 0.1) is 13.8 Å². The van der Waals surface area contributed by atoms with Crippen molar-refractivity contribution in [3.63, 3.8) is 0 Å². The van der Waals surface area contributed by atoms with Crippen molar-refractivity contribution >= 4 is 0 Å². The highest BCUT2D eigenvalue weighted by Crippen LogP contribution is 2.19. The molecule has 4 nitrogen and oxygen atoms in total. The van der Waals surface area contributed by atoms with Crippen LogP contribution < -0.4 is 5.32 Å². The van der Waals surface area contributed by atoms with Crippen molar-refractivity contribution in [1.29, 1.82) is 0 Å². The molecule has 0 radical (unpaired) electrons. The summed E-state index contributed by atoms with van der Waals surface area (Å²) in [5.74, 6) is 0. The van der Waals surface area contributed by atoms with Gasteiger partial charge in [0.05, 0.1) is 11.8 Å². The topological polar surface area (TPSA) is 39.1 Å². The molecule has 1 aliphatic heterocycles. The minimum absolute atomic E-state index is 0.138. The lowest BCUT2D eigenvalue weighted by Crippen LogP contribution is -2.35. The standard InChI is InChI=1S/C16H29N3O/c1-12-15(11-17-16(3,4)5)13(2)19(18-12)9-8-14-7-6-10-20-14/h14,17H,6-11H2,1-5H3. The molecule has 0 amide bonds. The summed E-state index contributed by atoms with van der Waals surface area (Å²) < 4.78 is 7.84. The van der Waals surface area contributed by atoms with E-state index >= 15 is 0 Å². The van der Waals surface area contributed by atoms with E-state index in [9.17, 15) is 0 Å². The van der Waals surface area contributed by atoms with Gasteiger partial charge in [0, 0.05) is 36.5 Å². The predicted octanol–water partition coefficient (Wildman–Crippen LogP) is 2.96. The first kappa shape index (κ1) is 15.5. The molecule has 1 aromatic heterocycles. The van der Waals surface area contributed by atoms with Crippen LogP contribution in [0.5, 0.6) is 0 Å². The molecule has 1 N–H and O–H groups in total. The third-order valence-corrected chi connectivity index (χ3v) is 4.01. The lowest BCUT2D eigenvalue weighted by atomic mass is 10.1. The van der Waals surface area contributed by atoms with Crippen molar-refractivity contribution in [1.82, 2.24) is 15.1 Å². The van der Waals surface area contributed by atoms with E-state index in [1.54, 1.807) is 0 Å². The number of aromatic nitrogens is 2. The zero-order chi connectivity index (χ0) is 14.8. The van der Waals surface area contributed by atoms with Gasteiger partial charge in [0.25, 0.3) is 0 Å². The molecule has 1 atom stereocenters. The molecule has 1 aromatic rings. The summed E-state index contributed by atoms with van der Waals surface area (Å²) in [5.41, 5.74) is 3.91. The van der Waals surface area contributed by atoms with Gasteiger partial charge in [-0.05, 0) is 53.9 Å². The molecule has 2 heterocycles. The molecule has 0 aliphatic carbocycles. The number of nitrogens with one attached hydrogen (secondary N) is 1. The van der Waals surface area contributed by atoms with Crippen LogP contribution >= 0.6 is 0 Å². The van der Waals surface area contributed by atoms with Crippen LogP contribution in [0.3, 0.4) is 0 Å². The Bertz CT molecular complexity index is 439. The SMILES string of the molecule is Cc1nn(CCC2CCCO2)c(C)c1CNC(C)(C)C. The molecule has 4 heteroatoms. The summed E-state index contributed by atoms with van der Waals surface area (Å²) in [4.78, 5) is 0. The lowest BCUT2D eigenvalue weighted by molar-refractivity contribution is 0.0992. The van der Waals surface area contributed by atoms with E-state index in [1.807, 2.05) is 0 Å². The van der Waals surface area contributed by atoms with Crippen LogP contribution in [-0.4, -0.2) is 28.0 Å². The van der Waals surface area contributed by atoms with Crippen LogP contribution in [0.25, 0.3) is 0 Å². The number of ether oxygens (including phenoxy) is 1. The summed E-state index contributed by atoms with van der Waals surface area (Å²) in [6.45, 7) is 13.7. The third kappa shape index (κ3) is 4.06. The van der Waals surface area contributed by atoms with E-state index in [-0.39, 0.29) is 5.54 Å². The smallest absolute Gasteiger partial charge is 0.0641 e. The summed E-state index contributed by atoms with van der Waals surface area (Å²) in [6.07, 6.45) is 3.93. The van der Waals surface area contributed by atoms with E-state index in [0.717, 1.165) is 31.8 Å². The van der Waals surface area contributed by atoms with Crippen molar-refractivity contribution in [2.24, 2.45) is 0 Å². The predicted molar refractivity (Wildman–Crippen MR) is 81.9 cm³/mol. The van der Waals surface area contributed by atoms with E-state index in [0.29, 0.717) is 6.10 Å². The van der Waals surface area contributed by atoms with Crippen LogP contribution in [0.1, 0.15) is 57.0 Å². The lowest BCUT2D eigenvalue weighted by Gasteiger charge is -2.20. The molecule has 0 aromatic carbocycles. The average Bonchev–Trinajstić information content (AvgIpc) is 2.93. The third-order valence-electron chi connectivity index (χ3n) is 4.01. The maximum Gasteiger partial charge on any atom is 0.0641 e. The van der Waals surface area contributed by atoms with Crippen LogP contribution in [0.2, 0.25) is 0 Å². The minimum atomic E-state index is 0.138. The second kappa shape index (κ2) is 6.27. The Morgan fingerprint density at radius 1 is 1.35 bits per heavy atom. The van der Waals surface area contributed by atoms with Gasteiger partial charge in [-0.25, -0.2) is 0 Å². The Labute approximate surface area is 122 Å². The Morgan fingerprint density at radius 2 is 2.10 bits per heavy atom. The molecule has 0 bridgehead atoms. The molecule has 0 saturated carbocycles. The Balaban J connectivity index is 1.96. The van der Waals surface area contributed by atoms with Crippen LogP contribution in [0.15, 0.2) is 0 Å². The highest BCUT2D eigenvalue weighted by atomic mass is 16.5. The average molecular weight is 279 g/mol. The van der Waals surface area contributed by atoms with E-state index in [4.69, 9.17) is 9.84 Å². The summed E-state index contributed by atoms with van der Waals surface area (Å²) in [7, 11) is 0. The second-order valence-corrected chi connectivity index (χ2v) is 6.90. The summed E-state index contributed by atoms with van der Waals surface area (Å²) in [6, 6.07) is 0. The van der Waals surface area contributed by atoms with Gasteiger partial charge in [0.1, 0.15) is 0 Å². The first-order valence-corrected chi connectivity index (χ1v) is 7.76. The van der Waals surface area contributed by atoms with Gasteiger partial charge in [-0.15, -0.1) is 0 Å². The molecule has 20 heavy (non-hydrogen) atoms. The molecule has 1 unspecified atom stereocenters. The maximum absolute atomic E-state index is 5.69. The number of nitrogens with zero attached hydrogens (tertiary/aromatic N) is 2. The van der Waals surface area contributed by atoms with Crippen LogP contribution in [0.4, 0.5) is 0 Å². The van der Waals surface area contributed by atoms with E-state index in [2.05, 4.69) is 44.6 Å². The fourth-order valence-electron chi connectivity index (χ4n) is 2.70. The zero-order valence-corrected chi connectivity index (χ0v) is 13.6. The Kier molecular flexibility index (Phi) is 4.86. The molecular weight excluding hydrogens is 250 g/mol. The Morgan fingerprint density at radius 3 is 2.70 bits per heavy atom. The van der Waals surface area contributed by atoms with Gasteiger partial charge in [-0.1, -0.05) is 0 Å². The van der Waals surface area contributed by atoms with Crippen molar-refractivity contribution < 1.29 is 4.74 Å². The first-order valence-electron chi connectivity index (χ1n) is 7.76. The van der Waals surface area contributed by atoms with E-state index in [1.165, 1.54) is 24.1 Å². The number of aryl methyl sites for hydroxylation is 2. The van der Waals surface area contributed by atoms with Crippen LogP contribution in [-0.2, 0) is 17.8 Å². The summed E-state index contributed by atoms with van der Waals surface area (Å²) >= 11 is 0. The van der Waals surface area contributed by atoms with E-state index < -0.39 is 0 Å². The zero-order valence-electron chi connectivity index (χ0n) is 13.6. The number of rotatable bonds is 5. The highest BCUT2D eigenvalue weighted by molar-refractivity contribution is 5.24. The number of hydrogen-bond acceptors (Lipinski definition) is 3. The largest absolute Gasteiger partial charge is 0.378 e. The minimum Gasteiger partial charge on any atom is -0.378 e. The van der Waals surface area contributed by atoms with Crippen molar-refractivity contribution in [2.45, 2.75) is 78.6 Å². The molecule has 1 fully saturated rings. The normalized spacial score (nSPS) is 19.8. The maximum atomic E-state index is 5.69. The van der Waals surface area contributed by atoms with Gasteiger partial charge in [0.2, 0.25) is 0 Å². The van der Waals surface area contributed by atoms with Gasteiger partial charge >= 0.3 is 0 Å². The van der Waals surface area contributed by atoms with Crippen molar-refractivity contribution in [2.75, 3.05) is 6.61 Å². The first-order chi connectivity index (χ1) is 9.37. The second-order valence-electron chi connectivity index (χ2n) is 6.90.